The molecule has 0 N–H and O–H groups in total. The summed E-state index contributed by atoms with van der Waals surface area (Å²) in [6, 6.07) is 14.1. The molecule has 22 heavy (non-hydrogen) atoms. The number of ketones is 1. The van der Waals surface area contributed by atoms with Gasteiger partial charge in [-0.3, -0.25) is 4.79 Å². The standard InChI is InChI=1S/C16H13NO3S2/c1-11-6-8-12(9-7-11)14(18)10-22(19,20)16-17-13-4-2-3-5-15(13)21-16/h2-9H,10H2,1H3. The van der Waals surface area contributed by atoms with E-state index in [-0.39, 0.29) is 4.34 Å². The van der Waals surface area contributed by atoms with Gasteiger partial charge in [0.25, 0.3) is 0 Å². The number of para-hydroxylation sites is 1. The van der Waals surface area contributed by atoms with Crippen LogP contribution in [0.15, 0.2) is 52.9 Å². The molecule has 0 bridgehead atoms. The predicted octanol–water partition coefficient (Wildman–Crippen LogP) is 3.26. The van der Waals surface area contributed by atoms with Gasteiger partial charge in [-0.15, -0.1) is 11.3 Å². The molecule has 3 rings (SSSR count). The maximum absolute atomic E-state index is 12.4. The van der Waals surface area contributed by atoms with E-state index < -0.39 is 21.4 Å². The molecule has 0 atom stereocenters. The molecule has 0 radical (unpaired) electrons. The second-order valence-electron chi connectivity index (χ2n) is 5.00. The van der Waals surface area contributed by atoms with Gasteiger partial charge in [-0.2, -0.15) is 0 Å². The van der Waals surface area contributed by atoms with E-state index in [1.54, 1.807) is 36.4 Å². The van der Waals surface area contributed by atoms with Gasteiger partial charge < -0.3 is 0 Å². The Kier molecular flexibility index (Phi) is 3.80. The van der Waals surface area contributed by atoms with Crippen LogP contribution in [0.25, 0.3) is 10.2 Å². The molecule has 1 heterocycles. The van der Waals surface area contributed by atoms with Gasteiger partial charge in [0.2, 0.25) is 14.2 Å². The monoisotopic (exact) mass is 331 g/mol. The van der Waals surface area contributed by atoms with E-state index in [1.165, 1.54) is 0 Å². The summed E-state index contributed by atoms with van der Waals surface area (Å²) in [5.41, 5.74) is 2.05. The number of Topliss-reactive ketones (excluding diaryl/α,β-unsaturated/α-hetero) is 1. The average Bonchev–Trinajstić information content (AvgIpc) is 2.92. The third-order valence-electron chi connectivity index (χ3n) is 3.23. The third-order valence-corrected chi connectivity index (χ3v) is 6.34. The minimum atomic E-state index is -3.72. The normalized spacial score (nSPS) is 11.7. The molecule has 4 nitrogen and oxygen atoms in total. The Labute approximate surface area is 132 Å². The summed E-state index contributed by atoms with van der Waals surface area (Å²) in [4.78, 5) is 16.3. The Bertz CT molecular complexity index is 908. The Hall–Kier alpha value is -2.05. The fourth-order valence-corrected chi connectivity index (χ4v) is 4.56. The number of nitrogens with zero attached hydrogens (tertiary/aromatic N) is 1. The molecule has 0 spiro atoms. The van der Waals surface area contributed by atoms with Crippen molar-refractivity contribution in [3.8, 4) is 0 Å². The van der Waals surface area contributed by atoms with Crippen LogP contribution in [0, 0.1) is 6.92 Å². The summed E-state index contributed by atoms with van der Waals surface area (Å²) in [6.45, 7) is 1.91. The van der Waals surface area contributed by atoms with Gasteiger partial charge in [0.05, 0.1) is 10.2 Å². The summed E-state index contributed by atoms with van der Waals surface area (Å²) in [5, 5.41) is 0. The highest BCUT2D eigenvalue weighted by Gasteiger charge is 2.24. The fraction of sp³-hybridized carbons (Fsp3) is 0.125. The van der Waals surface area contributed by atoms with Crippen molar-refractivity contribution in [3.63, 3.8) is 0 Å². The Morgan fingerprint density at radius 2 is 1.77 bits per heavy atom. The van der Waals surface area contributed by atoms with Crippen molar-refractivity contribution < 1.29 is 13.2 Å². The maximum Gasteiger partial charge on any atom is 0.212 e. The highest BCUT2D eigenvalue weighted by Crippen LogP contribution is 2.26. The maximum atomic E-state index is 12.4. The number of thiazole rings is 1. The first-order chi connectivity index (χ1) is 10.5. The van der Waals surface area contributed by atoms with Crippen LogP contribution in [0.2, 0.25) is 0 Å². The molecule has 0 aliphatic heterocycles. The number of carbonyl (C=O) groups excluding carboxylic acids is 1. The van der Waals surface area contributed by atoms with Gasteiger partial charge in [-0.05, 0) is 19.1 Å². The predicted molar refractivity (Wildman–Crippen MR) is 87.2 cm³/mol. The van der Waals surface area contributed by atoms with E-state index in [1.807, 2.05) is 19.1 Å². The topological polar surface area (TPSA) is 64.1 Å². The molecule has 6 heteroatoms. The summed E-state index contributed by atoms with van der Waals surface area (Å²) in [5.74, 6) is -0.977. The van der Waals surface area contributed by atoms with Crippen molar-refractivity contribution >= 4 is 37.2 Å². The van der Waals surface area contributed by atoms with Gasteiger partial charge in [-0.25, -0.2) is 13.4 Å². The lowest BCUT2D eigenvalue weighted by Crippen LogP contribution is -2.16. The number of carbonyl (C=O) groups is 1. The Morgan fingerprint density at radius 1 is 1.09 bits per heavy atom. The third kappa shape index (κ3) is 2.93. The van der Waals surface area contributed by atoms with Crippen LogP contribution in [-0.4, -0.2) is 24.9 Å². The molecular formula is C16H13NO3S2. The molecule has 0 aliphatic carbocycles. The van der Waals surface area contributed by atoms with E-state index in [2.05, 4.69) is 4.98 Å². The first kappa shape index (κ1) is 14.9. The molecule has 0 saturated heterocycles. The van der Waals surface area contributed by atoms with Gasteiger partial charge in [0.1, 0.15) is 5.75 Å². The van der Waals surface area contributed by atoms with Crippen molar-refractivity contribution in [2.75, 3.05) is 5.75 Å². The lowest BCUT2D eigenvalue weighted by molar-refractivity contribution is 0.102. The van der Waals surface area contributed by atoms with Crippen LogP contribution in [0.3, 0.4) is 0 Å². The van der Waals surface area contributed by atoms with Crippen molar-refractivity contribution in [1.29, 1.82) is 0 Å². The minimum absolute atomic E-state index is 0.00541. The Morgan fingerprint density at radius 3 is 2.45 bits per heavy atom. The fourth-order valence-electron chi connectivity index (χ4n) is 2.04. The summed E-state index contributed by atoms with van der Waals surface area (Å²) in [7, 11) is -3.72. The lowest BCUT2D eigenvalue weighted by Gasteiger charge is -2.01. The van der Waals surface area contributed by atoms with E-state index in [0.717, 1.165) is 21.6 Å². The lowest BCUT2D eigenvalue weighted by atomic mass is 10.1. The molecule has 0 fully saturated rings. The van der Waals surface area contributed by atoms with Crippen molar-refractivity contribution in [1.82, 2.24) is 4.98 Å². The van der Waals surface area contributed by atoms with Gasteiger partial charge >= 0.3 is 0 Å². The quantitative estimate of drug-likeness (QED) is 0.688. The van der Waals surface area contributed by atoms with Crippen molar-refractivity contribution in [2.45, 2.75) is 11.3 Å². The summed E-state index contributed by atoms with van der Waals surface area (Å²) in [6.07, 6.45) is 0. The summed E-state index contributed by atoms with van der Waals surface area (Å²) >= 11 is 1.09. The number of rotatable bonds is 4. The zero-order valence-electron chi connectivity index (χ0n) is 11.8. The van der Waals surface area contributed by atoms with Crippen LogP contribution in [0.5, 0.6) is 0 Å². The second kappa shape index (κ2) is 5.62. The van der Waals surface area contributed by atoms with Crippen molar-refractivity contribution in [2.24, 2.45) is 0 Å². The van der Waals surface area contributed by atoms with Gasteiger partial charge in [0.15, 0.2) is 5.78 Å². The average molecular weight is 331 g/mol. The van der Waals surface area contributed by atoms with Crippen LogP contribution in [-0.2, 0) is 9.84 Å². The zero-order chi connectivity index (χ0) is 15.7. The molecule has 0 saturated carbocycles. The van der Waals surface area contributed by atoms with E-state index in [9.17, 15) is 13.2 Å². The molecule has 3 aromatic rings. The highest BCUT2D eigenvalue weighted by molar-refractivity contribution is 7.94. The first-order valence-electron chi connectivity index (χ1n) is 6.64. The number of aryl methyl sites for hydroxylation is 1. The van der Waals surface area contributed by atoms with Crippen LogP contribution < -0.4 is 0 Å². The molecular weight excluding hydrogens is 318 g/mol. The number of hydrogen-bond acceptors (Lipinski definition) is 5. The SMILES string of the molecule is Cc1ccc(C(=O)CS(=O)(=O)c2nc3ccccc3s2)cc1. The molecule has 2 aromatic carbocycles. The Balaban J connectivity index is 1.89. The molecule has 1 aromatic heterocycles. The molecule has 112 valence electrons. The first-order valence-corrected chi connectivity index (χ1v) is 9.11. The number of fused-ring (bicyclic) bond motifs is 1. The highest BCUT2D eigenvalue weighted by atomic mass is 32.2. The largest absolute Gasteiger partial charge is 0.293 e. The molecule has 0 unspecified atom stereocenters. The number of benzene rings is 2. The van der Waals surface area contributed by atoms with E-state index in [0.29, 0.717) is 11.1 Å². The van der Waals surface area contributed by atoms with Gasteiger partial charge in [-0.1, -0.05) is 42.0 Å². The minimum Gasteiger partial charge on any atom is -0.293 e. The van der Waals surface area contributed by atoms with E-state index >= 15 is 0 Å². The second-order valence-corrected chi connectivity index (χ2v) is 8.19. The number of sulfone groups is 1. The smallest absolute Gasteiger partial charge is 0.212 e. The summed E-state index contributed by atoms with van der Waals surface area (Å²) < 4.78 is 25.5. The van der Waals surface area contributed by atoms with Crippen LogP contribution in [0.4, 0.5) is 0 Å². The van der Waals surface area contributed by atoms with Crippen LogP contribution in [0.1, 0.15) is 15.9 Å². The number of hydrogen-bond donors (Lipinski definition) is 0. The molecule has 0 amide bonds. The van der Waals surface area contributed by atoms with Gasteiger partial charge in [0, 0.05) is 5.56 Å². The number of aromatic nitrogens is 1. The zero-order valence-corrected chi connectivity index (χ0v) is 13.4. The van der Waals surface area contributed by atoms with Crippen LogP contribution >= 0.6 is 11.3 Å². The van der Waals surface area contributed by atoms with Crippen molar-refractivity contribution in [3.05, 3.63) is 59.7 Å². The molecule has 0 aliphatic rings. The van der Waals surface area contributed by atoms with E-state index in [4.69, 9.17) is 0 Å².